The highest BCUT2D eigenvalue weighted by Crippen LogP contribution is 2.15. The molecule has 1 aromatic carbocycles. The molecule has 0 aliphatic heterocycles. The molecule has 0 radical (unpaired) electrons. The minimum Gasteiger partial charge on any atom is -0.481 e. The van der Waals surface area contributed by atoms with Crippen LogP contribution < -0.4 is 0 Å². The molecule has 0 aliphatic rings. The smallest absolute Gasteiger partial charge is 0.303 e. The lowest BCUT2D eigenvalue weighted by molar-refractivity contribution is -0.136. The second-order valence-electron chi connectivity index (χ2n) is 3.45. The van der Waals surface area contributed by atoms with Crippen molar-refractivity contribution in [2.24, 2.45) is 0 Å². The molecular weight excluding hydrogens is 190 g/mol. The Morgan fingerprint density at radius 3 is 2.93 bits per heavy atom. The van der Waals surface area contributed by atoms with Gasteiger partial charge in [0.2, 0.25) is 0 Å². The monoisotopic (exact) mass is 201 g/mol. The van der Waals surface area contributed by atoms with Crippen LogP contribution in [0.4, 0.5) is 0 Å². The number of nitrogens with zero attached hydrogens (tertiary/aromatic N) is 1. The lowest BCUT2D eigenvalue weighted by Gasteiger charge is -2.01. The van der Waals surface area contributed by atoms with Crippen molar-refractivity contribution in [1.29, 1.82) is 0 Å². The zero-order chi connectivity index (χ0) is 10.7. The molecule has 1 N–H and O–H groups in total. The van der Waals surface area contributed by atoms with Gasteiger partial charge >= 0.3 is 5.97 Å². The van der Waals surface area contributed by atoms with Crippen LogP contribution in [0.15, 0.2) is 36.7 Å². The Hall–Kier alpha value is -1.90. The Kier molecular flexibility index (Phi) is 2.63. The molecular formula is C12H11NO2. The standard InChI is InChI=1S/C12H11NO2/c14-12(15)4-2-9-1-3-10-5-6-13-8-11(10)7-9/h1,3,5-8H,2,4H2,(H,14,15). The number of aryl methyl sites for hydroxylation is 1. The molecule has 3 heteroatoms. The minimum absolute atomic E-state index is 0.172. The molecule has 0 atom stereocenters. The second kappa shape index (κ2) is 4.09. The Morgan fingerprint density at radius 2 is 2.13 bits per heavy atom. The second-order valence-corrected chi connectivity index (χ2v) is 3.45. The molecule has 0 amide bonds. The van der Waals surface area contributed by atoms with Crippen LogP contribution in [0.5, 0.6) is 0 Å². The number of fused-ring (bicyclic) bond motifs is 1. The highest BCUT2D eigenvalue weighted by molar-refractivity contribution is 5.82. The summed E-state index contributed by atoms with van der Waals surface area (Å²) in [6, 6.07) is 7.89. The van der Waals surface area contributed by atoms with Crippen molar-refractivity contribution in [3.8, 4) is 0 Å². The van der Waals surface area contributed by atoms with Gasteiger partial charge in [-0.15, -0.1) is 0 Å². The number of benzene rings is 1. The summed E-state index contributed by atoms with van der Waals surface area (Å²) in [5.41, 5.74) is 1.04. The predicted molar refractivity (Wildman–Crippen MR) is 57.7 cm³/mol. The van der Waals surface area contributed by atoms with Crippen LogP contribution in [-0.4, -0.2) is 16.1 Å². The van der Waals surface area contributed by atoms with Gasteiger partial charge in [0.25, 0.3) is 0 Å². The Bertz CT molecular complexity index is 494. The highest BCUT2D eigenvalue weighted by Gasteiger charge is 2.00. The fourth-order valence-electron chi connectivity index (χ4n) is 1.54. The molecule has 0 fully saturated rings. The van der Waals surface area contributed by atoms with Crippen molar-refractivity contribution in [3.05, 3.63) is 42.2 Å². The third-order valence-electron chi connectivity index (χ3n) is 2.33. The first-order chi connectivity index (χ1) is 7.25. The first-order valence-electron chi connectivity index (χ1n) is 4.80. The van der Waals surface area contributed by atoms with Gasteiger partial charge in [-0.25, -0.2) is 0 Å². The number of aromatic nitrogens is 1. The fraction of sp³-hybridized carbons (Fsp3) is 0.167. The quantitative estimate of drug-likeness (QED) is 0.828. The van der Waals surface area contributed by atoms with E-state index in [9.17, 15) is 4.79 Å². The number of pyridine rings is 1. The molecule has 0 saturated heterocycles. The van der Waals surface area contributed by atoms with Gasteiger partial charge in [-0.2, -0.15) is 0 Å². The van der Waals surface area contributed by atoms with Crippen LogP contribution in [0.3, 0.4) is 0 Å². The largest absolute Gasteiger partial charge is 0.481 e. The lowest BCUT2D eigenvalue weighted by atomic mass is 10.1. The molecule has 0 aliphatic carbocycles. The average molecular weight is 201 g/mol. The average Bonchev–Trinajstić information content (AvgIpc) is 2.26. The molecule has 1 aromatic heterocycles. The SMILES string of the molecule is O=C(O)CCc1ccc2ccncc2c1. The van der Waals surface area contributed by atoms with E-state index in [0.717, 1.165) is 16.3 Å². The summed E-state index contributed by atoms with van der Waals surface area (Å²) in [4.78, 5) is 14.5. The Morgan fingerprint density at radius 1 is 1.27 bits per heavy atom. The topological polar surface area (TPSA) is 50.2 Å². The number of aliphatic carboxylic acids is 1. The molecule has 1 heterocycles. The maximum atomic E-state index is 10.4. The zero-order valence-electron chi connectivity index (χ0n) is 8.18. The number of hydrogen-bond acceptors (Lipinski definition) is 2. The molecule has 0 unspecified atom stereocenters. The van der Waals surface area contributed by atoms with Gasteiger partial charge in [-0.3, -0.25) is 9.78 Å². The minimum atomic E-state index is -0.763. The maximum absolute atomic E-state index is 10.4. The van der Waals surface area contributed by atoms with Gasteiger partial charge in [0, 0.05) is 24.2 Å². The number of carboxylic acids is 1. The van der Waals surface area contributed by atoms with Crippen molar-refractivity contribution in [3.63, 3.8) is 0 Å². The number of carboxylic acid groups (broad SMARTS) is 1. The summed E-state index contributed by atoms with van der Waals surface area (Å²) in [7, 11) is 0. The first kappa shape index (κ1) is 9.65. The first-order valence-corrected chi connectivity index (χ1v) is 4.80. The van der Waals surface area contributed by atoms with Gasteiger partial charge < -0.3 is 5.11 Å². The van der Waals surface area contributed by atoms with Crippen molar-refractivity contribution < 1.29 is 9.90 Å². The van der Waals surface area contributed by atoms with Gasteiger partial charge in [-0.1, -0.05) is 12.1 Å². The molecule has 3 nitrogen and oxygen atoms in total. The third kappa shape index (κ3) is 2.31. The number of carbonyl (C=O) groups is 1. The van der Waals surface area contributed by atoms with Crippen LogP contribution in [0, 0.1) is 0 Å². The highest BCUT2D eigenvalue weighted by atomic mass is 16.4. The molecule has 15 heavy (non-hydrogen) atoms. The molecule has 2 aromatic rings. The summed E-state index contributed by atoms with van der Waals surface area (Å²) >= 11 is 0. The van der Waals surface area contributed by atoms with Crippen LogP contribution in [0.1, 0.15) is 12.0 Å². The van der Waals surface area contributed by atoms with Crippen molar-refractivity contribution in [1.82, 2.24) is 4.98 Å². The van der Waals surface area contributed by atoms with Crippen LogP contribution in [-0.2, 0) is 11.2 Å². The van der Waals surface area contributed by atoms with E-state index >= 15 is 0 Å². The van der Waals surface area contributed by atoms with E-state index in [4.69, 9.17) is 5.11 Å². The zero-order valence-corrected chi connectivity index (χ0v) is 8.18. The normalized spacial score (nSPS) is 10.4. The van der Waals surface area contributed by atoms with Gasteiger partial charge in [-0.05, 0) is 29.5 Å². The van der Waals surface area contributed by atoms with Gasteiger partial charge in [0.1, 0.15) is 0 Å². The lowest BCUT2D eigenvalue weighted by Crippen LogP contribution is -1.97. The third-order valence-corrected chi connectivity index (χ3v) is 2.33. The Balaban J connectivity index is 2.26. The summed E-state index contributed by atoms with van der Waals surface area (Å²) in [6.07, 6.45) is 4.28. The van der Waals surface area contributed by atoms with Gasteiger partial charge in [0.05, 0.1) is 0 Å². The maximum Gasteiger partial charge on any atom is 0.303 e. The van der Waals surface area contributed by atoms with E-state index in [1.807, 2.05) is 24.3 Å². The van der Waals surface area contributed by atoms with Crippen molar-refractivity contribution in [2.75, 3.05) is 0 Å². The number of hydrogen-bond donors (Lipinski definition) is 1. The van der Waals surface area contributed by atoms with E-state index in [1.54, 1.807) is 12.4 Å². The predicted octanol–water partition coefficient (Wildman–Crippen LogP) is 2.25. The van der Waals surface area contributed by atoms with Crippen molar-refractivity contribution >= 4 is 16.7 Å². The molecule has 0 bridgehead atoms. The number of rotatable bonds is 3. The van der Waals surface area contributed by atoms with E-state index in [2.05, 4.69) is 4.98 Å². The fourth-order valence-corrected chi connectivity index (χ4v) is 1.54. The molecule has 0 spiro atoms. The van der Waals surface area contributed by atoms with E-state index in [0.29, 0.717) is 6.42 Å². The summed E-state index contributed by atoms with van der Waals surface area (Å²) in [6.45, 7) is 0. The molecule has 0 saturated carbocycles. The van der Waals surface area contributed by atoms with Crippen LogP contribution >= 0.6 is 0 Å². The summed E-state index contributed by atoms with van der Waals surface area (Å²) in [5.74, 6) is -0.763. The Labute approximate surface area is 87.4 Å². The van der Waals surface area contributed by atoms with Crippen molar-refractivity contribution in [2.45, 2.75) is 12.8 Å². The van der Waals surface area contributed by atoms with E-state index in [1.165, 1.54) is 0 Å². The van der Waals surface area contributed by atoms with E-state index in [-0.39, 0.29) is 6.42 Å². The van der Waals surface area contributed by atoms with Gasteiger partial charge in [0.15, 0.2) is 0 Å². The van der Waals surface area contributed by atoms with Crippen LogP contribution in [0.25, 0.3) is 10.8 Å². The van der Waals surface area contributed by atoms with E-state index < -0.39 is 5.97 Å². The summed E-state index contributed by atoms with van der Waals surface area (Å²) < 4.78 is 0. The molecule has 76 valence electrons. The molecule has 2 rings (SSSR count). The summed E-state index contributed by atoms with van der Waals surface area (Å²) in [5, 5.41) is 10.8. The van der Waals surface area contributed by atoms with Crippen LogP contribution in [0.2, 0.25) is 0 Å².